The molecule has 1 heterocycles. The molecule has 1 aromatic heterocycles. The normalized spacial score (nSPS) is 11.1. The van der Waals surface area contributed by atoms with Crippen molar-refractivity contribution in [3.63, 3.8) is 0 Å². The molecule has 0 unspecified atom stereocenters. The molecule has 76 valence electrons. The maximum atomic E-state index is 5.10. The van der Waals surface area contributed by atoms with E-state index in [1.54, 1.807) is 12.4 Å². The van der Waals surface area contributed by atoms with Crippen LogP contribution in [0.1, 0.15) is 25.5 Å². The highest BCUT2D eigenvalue weighted by atomic mass is 15.3. The molecule has 4 N–H and O–H groups in total. The summed E-state index contributed by atoms with van der Waals surface area (Å²) in [4.78, 5) is 0. The molecule has 0 aromatic carbocycles. The summed E-state index contributed by atoms with van der Waals surface area (Å²) in [5.41, 5.74) is 11.1. The summed E-state index contributed by atoms with van der Waals surface area (Å²) in [6, 6.07) is 0.334. The number of guanidine groups is 1. The Morgan fingerprint density at radius 2 is 2.29 bits per heavy atom. The predicted molar refractivity (Wildman–Crippen MR) is 56.0 cm³/mol. The Bertz CT molecular complexity index is 344. The van der Waals surface area contributed by atoms with Gasteiger partial charge in [-0.1, -0.05) is 0 Å². The molecule has 0 saturated heterocycles. The number of hydrogen-bond acceptors (Lipinski definition) is 3. The maximum absolute atomic E-state index is 5.10. The van der Waals surface area contributed by atoms with Crippen molar-refractivity contribution in [2.24, 2.45) is 21.7 Å². The zero-order chi connectivity index (χ0) is 10.6. The Morgan fingerprint density at radius 3 is 2.79 bits per heavy atom. The third-order valence-electron chi connectivity index (χ3n) is 1.53. The minimum Gasteiger partial charge on any atom is -0.369 e. The van der Waals surface area contributed by atoms with Crippen molar-refractivity contribution in [3.8, 4) is 0 Å². The van der Waals surface area contributed by atoms with Crippen LogP contribution < -0.4 is 11.5 Å². The Hall–Kier alpha value is -1.85. The zero-order valence-electron chi connectivity index (χ0n) is 8.25. The van der Waals surface area contributed by atoms with Gasteiger partial charge < -0.3 is 11.5 Å². The lowest BCUT2D eigenvalue weighted by atomic mass is 10.4. The summed E-state index contributed by atoms with van der Waals surface area (Å²) < 4.78 is 1.83. The van der Waals surface area contributed by atoms with Gasteiger partial charge in [0.25, 0.3) is 0 Å². The van der Waals surface area contributed by atoms with Crippen molar-refractivity contribution in [1.29, 1.82) is 0 Å². The highest BCUT2D eigenvalue weighted by Gasteiger charge is 1.98. The highest BCUT2D eigenvalue weighted by molar-refractivity contribution is 5.80. The van der Waals surface area contributed by atoms with Crippen molar-refractivity contribution in [3.05, 3.63) is 18.0 Å². The number of aromatic nitrogens is 2. The van der Waals surface area contributed by atoms with Crippen molar-refractivity contribution >= 4 is 12.2 Å². The molecule has 14 heavy (non-hydrogen) atoms. The van der Waals surface area contributed by atoms with Gasteiger partial charge in [-0.3, -0.25) is 4.68 Å². The summed E-state index contributed by atoms with van der Waals surface area (Å²) in [6.07, 6.45) is 5.12. The van der Waals surface area contributed by atoms with Crippen LogP contribution in [0.5, 0.6) is 0 Å². The summed E-state index contributed by atoms with van der Waals surface area (Å²) >= 11 is 0. The average molecular weight is 194 g/mol. The Labute approximate surface area is 82.3 Å². The topological polar surface area (TPSA) is 94.6 Å². The fourth-order valence-corrected chi connectivity index (χ4v) is 0.864. The van der Waals surface area contributed by atoms with Crippen LogP contribution in [-0.2, 0) is 0 Å². The van der Waals surface area contributed by atoms with Crippen molar-refractivity contribution in [2.45, 2.75) is 19.9 Å². The van der Waals surface area contributed by atoms with Crippen LogP contribution in [0.2, 0.25) is 0 Å². The van der Waals surface area contributed by atoms with Crippen LogP contribution in [0.25, 0.3) is 0 Å². The molecule has 0 amide bonds. The first kappa shape index (κ1) is 10.2. The molecule has 0 aliphatic heterocycles. The van der Waals surface area contributed by atoms with E-state index in [1.807, 2.05) is 24.7 Å². The van der Waals surface area contributed by atoms with Gasteiger partial charge >= 0.3 is 0 Å². The molecule has 1 aromatic rings. The minimum atomic E-state index is -0.0579. The summed E-state index contributed by atoms with van der Waals surface area (Å²) in [5.74, 6) is -0.0579. The van der Waals surface area contributed by atoms with Gasteiger partial charge in [0, 0.05) is 17.8 Å². The van der Waals surface area contributed by atoms with Crippen molar-refractivity contribution in [1.82, 2.24) is 9.78 Å². The highest BCUT2D eigenvalue weighted by Crippen LogP contribution is 2.03. The summed E-state index contributed by atoms with van der Waals surface area (Å²) in [7, 11) is 0. The monoisotopic (exact) mass is 194 g/mol. The quantitative estimate of drug-likeness (QED) is 0.405. The van der Waals surface area contributed by atoms with Crippen LogP contribution >= 0.6 is 0 Å². The Balaban J connectivity index is 2.69. The molecular weight excluding hydrogens is 180 g/mol. The SMILES string of the molecule is CC(C)n1cc(/C=N/N=C(N)N)cn1. The molecule has 6 heteroatoms. The largest absolute Gasteiger partial charge is 0.369 e. The van der Waals surface area contributed by atoms with E-state index in [1.165, 1.54) is 0 Å². The van der Waals surface area contributed by atoms with Gasteiger partial charge in [-0.25, -0.2) is 0 Å². The zero-order valence-corrected chi connectivity index (χ0v) is 8.25. The fourth-order valence-electron chi connectivity index (χ4n) is 0.864. The van der Waals surface area contributed by atoms with E-state index in [0.717, 1.165) is 5.56 Å². The van der Waals surface area contributed by atoms with E-state index in [4.69, 9.17) is 11.5 Å². The lowest BCUT2D eigenvalue weighted by molar-refractivity contribution is 0.532. The third-order valence-corrected chi connectivity index (χ3v) is 1.53. The molecule has 1 rings (SSSR count). The van der Waals surface area contributed by atoms with Gasteiger partial charge in [0.05, 0.1) is 12.4 Å². The van der Waals surface area contributed by atoms with Crippen LogP contribution in [0.3, 0.4) is 0 Å². The minimum absolute atomic E-state index is 0.0579. The van der Waals surface area contributed by atoms with Gasteiger partial charge in [0.2, 0.25) is 5.96 Å². The number of hydrogen-bond donors (Lipinski definition) is 2. The molecule has 0 atom stereocenters. The van der Waals surface area contributed by atoms with Gasteiger partial charge in [0.15, 0.2) is 0 Å². The third kappa shape index (κ3) is 2.89. The maximum Gasteiger partial charge on any atom is 0.211 e. The fraction of sp³-hybridized carbons (Fsp3) is 0.375. The standard InChI is InChI=1S/C8H14N6/c1-6(2)14-5-7(4-12-14)3-11-13-8(9)10/h3-6H,1-2H3,(H4,9,10,13)/b11-3+. The molecule has 0 aliphatic rings. The van der Waals surface area contributed by atoms with Crippen molar-refractivity contribution < 1.29 is 0 Å². The molecular formula is C8H14N6. The van der Waals surface area contributed by atoms with Crippen LogP contribution in [0.4, 0.5) is 0 Å². The van der Waals surface area contributed by atoms with E-state index >= 15 is 0 Å². The second-order valence-corrected chi connectivity index (χ2v) is 3.12. The lowest BCUT2D eigenvalue weighted by Gasteiger charge is -2.02. The number of rotatable bonds is 3. The van der Waals surface area contributed by atoms with E-state index in [0.29, 0.717) is 6.04 Å². The second-order valence-electron chi connectivity index (χ2n) is 3.12. The van der Waals surface area contributed by atoms with Crippen LogP contribution in [0.15, 0.2) is 22.6 Å². The summed E-state index contributed by atoms with van der Waals surface area (Å²) in [6.45, 7) is 4.09. The first-order chi connectivity index (χ1) is 6.59. The average Bonchev–Trinajstić information content (AvgIpc) is 2.52. The van der Waals surface area contributed by atoms with Crippen LogP contribution in [-0.4, -0.2) is 22.0 Å². The first-order valence-corrected chi connectivity index (χ1v) is 4.25. The number of nitrogens with zero attached hydrogens (tertiary/aromatic N) is 4. The smallest absolute Gasteiger partial charge is 0.211 e. The molecule has 0 radical (unpaired) electrons. The van der Waals surface area contributed by atoms with Crippen LogP contribution in [0, 0.1) is 0 Å². The number of nitrogens with two attached hydrogens (primary N) is 2. The predicted octanol–water partition coefficient (Wildman–Crippen LogP) is 0.0713. The van der Waals surface area contributed by atoms with Crippen molar-refractivity contribution in [2.75, 3.05) is 0 Å². The van der Waals surface area contributed by atoms with Gasteiger partial charge in [0.1, 0.15) is 0 Å². The van der Waals surface area contributed by atoms with Gasteiger partial charge in [-0.15, -0.1) is 5.10 Å². The summed E-state index contributed by atoms with van der Waals surface area (Å²) in [5, 5.41) is 11.3. The molecule has 0 spiro atoms. The molecule has 0 aliphatic carbocycles. The van der Waals surface area contributed by atoms with E-state index in [2.05, 4.69) is 15.3 Å². The molecule has 0 fully saturated rings. The van der Waals surface area contributed by atoms with E-state index in [-0.39, 0.29) is 5.96 Å². The Morgan fingerprint density at radius 1 is 1.57 bits per heavy atom. The molecule has 6 nitrogen and oxygen atoms in total. The first-order valence-electron chi connectivity index (χ1n) is 4.25. The van der Waals surface area contributed by atoms with E-state index in [9.17, 15) is 0 Å². The van der Waals surface area contributed by atoms with E-state index < -0.39 is 0 Å². The lowest BCUT2D eigenvalue weighted by Crippen LogP contribution is -2.21. The van der Waals surface area contributed by atoms with Gasteiger partial charge in [-0.05, 0) is 13.8 Å². The molecule has 0 saturated carbocycles. The molecule has 0 bridgehead atoms. The van der Waals surface area contributed by atoms with Gasteiger partial charge in [-0.2, -0.15) is 10.2 Å². The Kier molecular flexibility index (Phi) is 3.22. The second kappa shape index (κ2) is 4.40.